The third kappa shape index (κ3) is 4.92. The smallest absolute Gasteiger partial charge is 0.130 e. The minimum absolute atomic E-state index is 0.00235. The molecule has 2 heterocycles. The third-order valence-corrected chi connectivity index (χ3v) is 12.1. The first-order valence-corrected chi connectivity index (χ1v) is 19.1. The van der Waals surface area contributed by atoms with Crippen molar-refractivity contribution in [2.75, 3.05) is 4.90 Å². The van der Waals surface area contributed by atoms with Gasteiger partial charge in [-0.2, -0.15) is 0 Å². The molecule has 53 heavy (non-hydrogen) atoms. The van der Waals surface area contributed by atoms with Gasteiger partial charge in [0.25, 0.3) is 0 Å². The maximum absolute atomic E-state index is 6.96. The second kappa shape index (κ2) is 12.1. The lowest BCUT2D eigenvalue weighted by molar-refractivity contribution is 0.264. The van der Waals surface area contributed by atoms with Crippen LogP contribution in [0.5, 0.6) is 5.75 Å². The van der Waals surface area contributed by atoms with E-state index in [0.29, 0.717) is 0 Å². The SMILES string of the molecule is C1=CC2Oc3cc(-c4ccc5ccccc5c4)c4ccccc4c3C2C(N(c2ccc(-c3ccccc3)cc2)c2ccc3c(c2)sc2ccccc23)=C1. The summed E-state index contributed by atoms with van der Waals surface area (Å²) in [6.07, 6.45) is 6.58. The summed E-state index contributed by atoms with van der Waals surface area (Å²) in [4.78, 5) is 2.46. The summed E-state index contributed by atoms with van der Waals surface area (Å²) >= 11 is 1.86. The zero-order valence-electron chi connectivity index (χ0n) is 28.8. The molecule has 0 bridgehead atoms. The maximum Gasteiger partial charge on any atom is 0.130 e. The second-order valence-corrected chi connectivity index (χ2v) is 15.1. The zero-order chi connectivity index (χ0) is 34.9. The predicted molar refractivity (Wildman–Crippen MR) is 225 cm³/mol. The highest BCUT2D eigenvalue weighted by Crippen LogP contribution is 2.53. The molecule has 0 saturated heterocycles. The monoisotopic (exact) mass is 695 g/mol. The Kier molecular flexibility index (Phi) is 6.89. The molecule has 11 rings (SSSR count). The van der Waals surface area contributed by atoms with Gasteiger partial charge >= 0.3 is 0 Å². The van der Waals surface area contributed by atoms with E-state index in [1.165, 1.54) is 75.2 Å². The first-order valence-electron chi connectivity index (χ1n) is 18.2. The van der Waals surface area contributed by atoms with Gasteiger partial charge in [-0.25, -0.2) is 0 Å². The lowest BCUT2D eigenvalue weighted by atomic mass is 9.83. The van der Waals surface area contributed by atoms with E-state index in [1.54, 1.807) is 0 Å². The number of allylic oxidation sites excluding steroid dienone is 2. The highest BCUT2D eigenvalue weighted by Gasteiger charge is 2.41. The summed E-state index contributed by atoms with van der Waals surface area (Å²) in [6, 6.07) is 61.8. The van der Waals surface area contributed by atoms with Crippen molar-refractivity contribution in [3.63, 3.8) is 0 Å². The maximum atomic E-state index is 6.96. The van der Waals surface area contributed by atoms with E-state index in [4.69, 9.17) is 4.74 Å². The Bertz CT molecular complexity index is 2940. The fraction of sp³-hybridized carbons (Fsp3) is 0.0400. The van der Waals surface area contributed by atoms with Gasteiger partial charge in [-0.1, -0.05) is 133 Å². The molecule has 0 saturated carbocycles. The Morgan fingerprint density at radius 2 is 1.17 bits per heavy atom. The molecular formula is C50H33NOS. The predicted octanol–water partition coefficient (Wildman–Crippen LogP) is 13.8. The van der Waals surface area contributed by atoms with Crippen LogP contribution in [-0.4, -0.2) is 6.10 Å². The molecule has 8 aromatic carbocycles. The van der Waals surface area contributed by atoms with Crippen LogP contribution in [0.25, 0.3) is 64.0 Å². The van der Waals surface area contributed by atoms with Crippen molar-refractivity contribution >= 4 is 64.4 Å². The molecule has 2 nitrogen and oxygen atoms in total. The molecule has 250 valence electrons. The van der Waals surface area contributed by atoms with E-state index in [1.807, 2.05) is 11.3 Å². The molecule has 0 N–H and O–H groups in total. The molecule has 2 unspecified atom stereocenters. The fourth-order valence-electron chi connectivity index (χ4n) is 8.55. The number of anilines is 2. The number of nitrogens with zero attached hydrogens (tertiary/aromatic N) is 1. The van der Waals surface area contributed by atoms with Crippen LogP contribution in [0.3, 0.4) is 0 Å². The van der Waals surface area contributed by atoms with E-state index >= 15 is 0 Å². The highest BCUT2D eigenvalue weighted by molar-refractivity contribution is 7.25. The molecule has 0 amide bonds. The van der Waals surface area contributed by atoms with Crippen LogP contribution >= 0.6 is 11.3 Å². The molecule has 1 aliphatic carbocycles. The Morgan fingerprint density at radius 1 is 0.491 bits per heavy atom. The largest absolute Gasteiger partial charge is 0.485 e. The summed E-state index contributed by atoms with van der Waals surface area (Å²) in [5.41, 5.74) is 9.52. The second-order valence-electron chi connectivity index (χ2n) is 14.0. The average molecular weight is 696 g/mol. The van der Waals surface area contributed by atoms with E-state index in [2.05, 4.69) is 193 Å². The molecule has 3 heteroatoms. The first-order chi connectivity index (χ1) is 26.3. The van der Waals surface area contributed by atoms with Crippen molar-refractivity contribution in [3.05, 3.63) is 199 Å². The Hall–Kier alpha value is -6.42. The zero-order valence-corrected chi connectivity index (χ0v) is 29.6. The van der Waals surface area contributed by atoms with Crippen molar-refractivity contribution < 1.29 is 4.74 Å². The van der Waals surface area contributed by atoms with Crippen LogP contribution in [0.15, 0.2) is 194 Å². The van der Waals surface area contributed by atoms with Gasteiger partial charge in [-0.05, 0) is 98.4 Å². The number of benzene rings is 8. The molecule has 1 aliphatic heterocycles. The summed E-state index contributed by atoms with van der Waals surface area (Å²) in [5, 5.41) is 7.57. The summed E-state index contributed by atoms with van der Waals surface area (Å²) in [7, 11) is 0. The van der Waals surface area contributed by atoms with Crippen LogP contribution < -0.4 is 9.64 Å². The fourth-order valence-corrected chi connectivity index (χ4v) is 9.69. The molecule has 2 atom stereocenters. The van der Waals surface area contributed by atoms with Crippen molar-refractivity contribution in [3.8, 4) is 28.0 Å². The van der Waals surface area contributed by atoms with Gasteiger partial charge in [0.05, 0.1) is 5.92 Å². The number of thiophene rings is 1. The van der Waals surface area contributed by atoms with Gasteiger partial charge < -0.3 is 9.64 Å². The third-order valence-electron chi connectivity index (χ3n) is 11.0. The van der Waals surface area contributed by atoms with Crippen LogP contribution in [-0.2, 0) is 0 Å². The topological polar surface area (TPSA) is 12.5 Å². The van der Waals surface area contributed by atoms with Crippen molar-refractivity contribution in [1.82, 2.24) is 0 Å². The Labute approximate surface area is 312 Å². The summed E-state index contributed by atoms with van der Waals surface area (Å²) in [5.74, 6) is 0.955. The van der Waals surface area contributed by atoms with Crippen LogP contribution in [0.2, 0.25) is 0 Å². The van der Waals surface area contributed by atoms with Gasteiger partial charge in [0, 0.05) is 42.8 Å². The number of ether oxygens (including phenoxy) is 1. The van der Waals surface area contributed by atoms with Crippen molar-refractivity contribution in [2.24, 2.45) is 0 Å². The first kappa shape index (κ1) is 30.2. The van der Waals surface area contributed by atoms with Crippen LogP contribution in [0.4, 0.5) is 11.4 Å². The Morgan fingerprint density at radius 3 is 2.04 bits per heavy atom. The van der Waals surface area contributed by atoms with E-state index in [0.717, 1.165) is 17.1 Å². The molecule has 1 aromatic heterocycles. The lowest BCUT2D eigenvalue weighted by Gasteiger charge is -2.34. The number of hydrogen-bond donors (Lipinski definition) is 0. The van der Waals surface area contributed by atoms with Crippen LogP contribution in [0, 0.1) is 0 Å². The summed E-state index contributed by atoms with van der Waals surface area (Å²) in [6.45, 7) is 0. The quantitative estimate of drug-likeness (QED) is 0.178. The number of fused-ring (bicyclic) bond motifs is 9. The van der Waals surface area contributed by atoms with E-state index in [9.17, 15) is 0 Å². The lowest BCUT2D eigenvalue weighted by Crippen LogP contribution is -2.29. The van der Waals surface area contributed by atoms with Crippen molar-refractivity contribution in [2.45, 2.75) is 12.0 Å². The minimum Gasteiger partial charge on any atom is -0.485 e. The molecule has 0 radical (unpaired) electrons. The Balaban J connectivity index is 1.09. The molecular weight excluding hydrogens is 663 g/mol. The average Bonchev–Trinajstić information content (AvgIpc) is 3.80. The van der Waals surface area contributed by atoms with Gasteiger partial charge in [-0.15, -0.1) is 11.3 Å². The van der Waals surface area contributed by atoms with Gasteiger partial charge in [0.2, 0.25) is 0 Å². The van der Waals surface area contributed by atoms with Gasteiger partial charge in [0.15, 0.2) is 0 Å². The standard InChI is InChI=1S/C50H33NOS/c1-2-11-32(12-3-1)34-23-25-37(26-24-34)51(38-27-28-41-40-16-8-9-20-47(40)53-48(41)30-38)44-18-10-19-45-50(44)49-42-17-7-6-15-39(42)43(31-46(49)52-45)36-22-21-33-13-4-5-14-35(33)29-36/h1-31,45,50H. The number of hydrogen-bond acceptors (Lipinski definition) is 3. The van der Waals surface area contributed by atoms with Crippen molar-refractivity contribution in [1.29, 1.82) is 0 Å². The number of rotatable bonds is 5. The molecule has 9 aromatic rings. The molecule has 2 aliphatic rings. The van der Waals surface area contributed by atoms with E-state index < -0.39 is 0 Å². The van der Waals surface area contributed by atoms with Gasteiger partial charge in [-0.3, -0.25) is 0 Å². The van der Waals surface area contributed by atoms with Gasteiger partial charge in [0.1, 0.15) is 11.9 Å². The van der Waals surface area contributed by atoms with E-state index in [-0.39, 0.29) is 12.0 Å². The molecule has 0 fully saturated rings. The normalized spacial score (nSPS) is 16.1. The van der Waals surface area contributed by atoms with Crippen LogP contribution in [0.1, 0.15) is 11.5 Å². The molecule has 0 spiro atoms. The summed E-state index contributed by atoms with van der Waals surface area (Å²) < 4.78 is 9.55. The highest BCUT2D eigenvalue weighted by atomic mass is 32.1. The minimum atomic E-state index is -0.126.